The Morgan fingerprint density at radius 1 is 1.19 bits per heavy atom. The molecule has 2 fully saturated rings. The van der Waals surface area contributed by atoms with Crippen LogP contribution in [0.25, 0.3) is 11.2 Å². The minimum atomic E-state index is -4.44. The maximum atomic E-state index is 13.0. The highest BCUT2D eigenvalue weighted by Crippen LogP contribution is 2.52. The lowest BCUT2D eigenvalue weighted by Crippen LogP contribution is -2.26. The molecule has 1 aromatic carbocycles. The third-order valence-electron chi connectivity index (χ3n) is 6.47. The molecule has 3 aromatic rings. The van der Waals surface area contributed by atoms with Crippen LogP contribution in [0.4, 0.5) is 13.2 Å². The molecule has 1 saturated carbocycles. The molecular weight excluding hydrogens is 421 g/mol. The maximum absolute atomic E-state index is 13.0. The number of rotatable bonds is 7. The van der Waals surface area contributed by atoms with Crippen molar-refractivity contribution in [1.82, 2.24) is 19.4 Å². The second kappa shape index (κ2) is 7.81. The Kier molecular flexibility index (Phi) is 5.08. The van der Waals surface area contributed by atoms with E-state index in [1.165, 1.54) is 6.07 Å². The summed E-state index contributed by atoms with van der Waals surface area (Å²) in [6.45, 7) is 6.57. The average molecular weight is 444 g/mol. The fraction of sp³-hybridized carbons (Fsp3) is 0.391. The molecule has 0 N–H and O–H groups in total. The Morgan fingerprint density at radius 3 is 2.66 bits per heavy atom. The normalized spacial score (nSPS) is 22.7. The van der Waals surface area contributed by atoms with E-state index in [4.69, 9.17) is 9.47 Å². The quantitative estimate of drug-likeness (QED) is 0.510. The van der Waals surface area contributed by atoms with Gasteiger partial charge in [0.2, 0.25) is 0 Å². The van der Waals surface area contributed by atoms with E-state index < -0.39 is 11.7 Å². The first-order valence-electron chi connectivity index (χ1n) is 10.5. The topological polar surface area (TPSA) is 52.4 Å². The van der Waals surface area contributed by atoms with E-state index in [1.54, 1.807) is 6.20 Å². The minimum absolute atomic E-state index is 0.0257. The third-order valence-corrected chi connectivity index (χ3v) is 6.47. The van der Waals surface area contributed by atoms with Crippen molar-refractivity contribution in [3.05, 3.63) is 60.8 Å². The second-order valence-corrected chi connectivity index (χ2v) is 8.37. The molecule has 0 unspecified atom stereocenters. The van der Waals surface area contributed by atoms with E-state index in [2.05, 4.69) is 26.0 Å². The standard InChI is InChI=1S/C23H23F3N4O2/c1-3-31-20-9-14(23(24,25)26)6-7-19(20)32-13-17-15-10-30(11-16(15)17)12-21-28-22-18(29(21)2)5-4-8-27-22/h3-9,15-17H,1,10-13H2,2H3/t15-,16+,17+. The van der Waals surface area contributed by atoms with Gasteiger partial charge >= 0.3 is 6.18 Å². The lowest BCUT2D eigenvalue weighted by Gasteiger charge is -2.19. The summed E-state index contributed by atoms with van der Waals surface area (Å²) >= 11 is 0. The van der Waals surface area contributed by atoms with Gasteiger partial charge in [-0.05, 0) is 42.2 Å². The first-order chi connectivity index (χ1) is 15.3. The predicted molar refractivity (Wildman–Crippen MR) is 112 cm³/mol. The van der Waals surface area contributed by atoms with E-state index in [1.807, 2.05) is 19.2 Å². The Hall–Kier alpha value is -3.07. The molecule has 5 rings (SSSR count). The van der Waals surface area contributed by atoms with Gasteiger partial charge in [0, 0.05) is 32.3 Å². The van der Waals surface area contributed by atoms with Gasteiger partial charge in [0.05, 0.1) is 30.5 Å². The zero-order valence-corrected chi connectivity index (χ0v) is 17.5. The van der Waals surface area contributed by atoms with Crippen molar-refractivity contribution in [1.29, 1.82) is 0 Å². The molecule has 9 heteroatoms. The number of pyridine rings is 1. The molecule has 1 saturated heterocycles. The molecular formula is C23H23F3N4O2. The number of halogens is 3. The van der Waals surface area contributed by atoms with Crippen LogP contribution in [-0.4, -0.2) is 39.1 Å². The Bertz CT molecular complexity index is 1150. The van der Waals surface area contributed by atoms with Crippen molar-refractivity contribution in [3.8, 4) is 11.5 Å². The summed E-state index contributed by atoms with van der Waals surface area (Å²) in [4.78, 5) is 11.4. The molecule has 6 nitrogen and oxygen atoms in total. The summed E-state index contributed by atoms with van der Waals surface area (Å²) in [6, 6.07) is 7.18. The smallest absolute Gasteiger partial charge is 0.416 e. The summed E-state index contributed by atoms with van der Waals surface area (Å²) in [5.74, 6) is 2.77. The average Bonchev–Trinajstić information content (AvgIpc) is 3.06. The maximum Gasteiger partial charge on any atom is 0.416 e. The van der Waals surface area contributed by atoms with Gasteiger partial charge in [-0.2, -0.15) is 13.2 Å². The van der Waals surface area contributed by atoms with Crippen molar-refractivity contribution in [2.75, 3.05) is 19.7 Å². The van der Waals surface area contributed by atoms with Crippen LogP contribution >= 0.6 is 0 Å². The lowest BCUT2D eigenvalue weighted by atomic mass is 10.2. The molecule has 168 valence electrons. The van der Waals surface area contributed by atoms with Crippen LogP contribution in [-0.2, 0) is 19.8 Å². The lowest BCUT2D eigenvalue weighted by molar-refractivity contribution is -0.137. The van der Waals surface area contributed by atoms with Gasteiger partial charge in [-0.15, -0.1) is 0 Å². The fourth-order valence-electron chi connectivity index (χ4n) is 4.70. The van der Waals surface area contributed by atoms with E-state index in [0.29, 0.717) is 30.1 Å². The highest BCUT2D eigenvalue weighted by molar-refractivity contribution is 5.71. The first kappa shape index (κ1) is 20.8. The molecule has 3 atom stereocenters. The number of piperidine rings is 1. The molecule has 1 aliphatic heterocycles. The number of likely N-dealkylation sites (tertiary alicyclic amines) is 1. The zero-order valence-electron chi connectivity index (χ0n) is 17.5. The number of ether oxygens (including phenoxy) is 2. The van der Waals surface area contributed by atoms with Crippen LogP contribution in [0.3, 0.4) is 0 Å². The molecule has 2 aromatic heterocycles. The Morgan fingerprint density at radius 2 is 1.97 bits per heavy atom. The summed E-state index contributed by atoms with van der Waals surface area (Å²) in [6.07, 6.45) is -1.59. The number of aromatic nitrogens is 3. The summed E-state index contributed by atoms with van der Waals surface area (Å²) in [5.41, 5.74) is 1.000. The van der Waals surface area contributed by atoms with Crippen LogP contribution in [0.15, 0.2) is 49.4 Å². The third kappa shape index (κ3) is 3.81. The van der Waals surface area contributed by atoms with Gasteiger partial charge in [0.15, 0.2) is 17.1 Å². The molecule has 0 amide bonds. The van der Waals surface area contributed by atoms with Gasteiger partial charge in [-0.25, -0.2) is 9.97 Å². The van der Waals surface area contributed by atoms with E-state index >= 15 is 0 Å². The van der Waals surface area contributed by atoms with Gasteiger partial charge in [-0.1, -0.05) is 6.58 Å². The molecule has 0 bridgehead atoms. The number of hydrogen-bond donors (Lipinski definition) is 0. The number of benzene rings is 1. The van der Waals surface area contributed by atoms with E-state index in [-0.39, 0.29) is 5.75 Å². The van der Waals surface area contributed by atoms with Crippen molar-refractivity contribution in [3.63, 3.8) is 0 Å². The van der Waals surface area contributed by atoms with Gasteiger partial charge in [-0.3, -0.25) is 4.90 Å². The van der Waals surface area contributed by atoms with Crippen LogP contribution in [0, 0.1) is 17.8 Å². The summed E-state index contributed by atoms with van der Waals surface area (Å²) in [5, 5.41) is 0. The van der Waals surface area contributed by atoms with E-state index in [0.717, 1.165) is 55.0 Å². The molecule has 0 radical (unpaired) electrons. The fourth-order valence-corrected chi connectivity index (χ4v) is 4.70. The zero-order chi connectivity index (χ0) is 22.5. The number of imidazole rings is 1. The largest absolute Gasteiger partial charge is 0.489 e. The Labute approximate surface area is 183 Å². The van der Waals surface area contributed by atoms with Gasteiger partial charge < -0.3 is 14.0 Å². The van der Waals surface area contributed by atoms with Crippen LogP contribution < -0.4 is 9.47 Å². The predicted octanol–water partition coefficient (Wildman–Crippen LogP) is 4.27. The molecule has 32 heavy (non-hydrogen) atoms. The van der Waals surface area contributed by atoms with Crippen molar-refractivity contribution >= 4 is 11.2 Å². The number of hydrogen-bond acceptors (Lipinski definition) is 5. The molecule has 2 aliphatic rings. The molecule has 1 aliphatic carbocycles. The summed E-state index contributed by atoms with van der Waals surface area (Å²) in [7, 11) is 2.01. The first-order valence-corrected chi connectivity index (χ1v) is 10.5. The summed E-state index contributed by atoms with van der Waals surface area (Å²) < 4.78 is 52.0. The van der Waals surface area contributed by atoms with Crippen molar-refractivity contribution in [2.45, 2.75) is 12.7 Å². The van der Waals surface area contributed by atoms with Crippen LogP contribution in [0.2, 0.25) is 0 Å². The van der Waals surface area contributed by atoms with Gasteiger partial charge in [0.1, 0.15) is 5.82 Å². The highest BCUT2D eigenvalue weighted by atomic mass is 19.4. The number of nitrogens with zero attached hydrogens (tertiary/aromatic N) is 4. The minimum Gasteiger partial charge on any atom is -0.489 e. The van der Waals surface area contributed by atoms with E-state index in [9.17, 15) is 13.2 Å². The number of alkyl halides is 3. The number of aryl methyl sites for hydroxylation is 1. The van der Waals surface area contributed by atoms with Crippen LogP contribution in [0.5, 0.6) is 11.5 Å². The molecule has 0 spiro atoms. The Balaban J connectivity index is 1.17. The van der Waals surface area contributed by atoms with Crippen molar-refractivity contribution < 1.29 is 22.6 Å². The molecule has 3 heterocycles. The van der Waals surface area contributed by atoms with Gasteiger partial charge in [0.25, 0.3) is 0 Å². The van der Waals surface area contributed by atoms with Crippen LogP contribution in [0.1, 0.15) is 11.4 Å². The number of fused-ring (bicyclic) bond motifs is 2. The highest BCUT2D eigenvalue weighted by Gasteiger charge is 2.55. The SMILES string of the molecule is C=COc1cc(C(F)(F)F)ccc1OC[C@@H]1[C@H]2CN(Cc3nc4ncccc4n3C)C[C@@H]12. The monoisotopic (exact) mass is 444 g/mol. The second-order valence-electron chi connectivity index (χ2n) is 8.37. The van der Waals surface area contributed by atoms with Crippen molar-refractivity contribution in [2.24, 2.45) is 24.8 Å².